The van der Waals surface area contributed by atoms with E-state index in [1.165, 1.54) is 11.3 Å². The molecule has 1 aromatic heterocycles. The maximum absolute atomic E-state index is 12.2. The van der Waals surface area contributed by atoms with E-state index in [1.807, 2.05) is 12.4 Å². The Morgan fingerprint density at radius 3 is 3.00 bits per heavy atom. The predicted molar refractivity (Wildman–Crippen MR) is 79.4 cm³/mol. The molecular weight excluding hydrogens is 266 g/mol. The van der Waals surface area contributed by atoms with Crippen LogP contribution in [0.15, 0.2) is 5.38 Å². The molecule has 1 amide bonds. The molecule has 4 nitrogen and oxygen atoms in total. The third-order valence-corrected chi connectivity index (χ3v) is 4.40. The number of aromatic nitrogens is 1. The first kappa shape index (κ1) is 15.5. The lowest BCUT2D eigenvalue weighted by molar-refractivity contribution is 0.0736. The summed E-state index contributed by atoms with van der Waals surface area (Å²) >= 11 is 3.31. The monoisotopic (exact) mass is 287 g/mol. The van der Waals surface area contributed by atoms with Crippen LogP contribution < -0.4 is 5.73 Å². The second-order valence-corrected chi connectivity index (χ2v) is 6.14. The van der Waals surface area contributed by atoms with Crippen molar-refractivity contribution in [2.75, 3.05) is 25.6 Å². The number of rotatable bonds is 7. The summed E-state index contributed by atoms with van der Waals surface area (Å²) < 4.78 is 0. The fourth-order valence-corrected chi connectivity index (χ4v) is 2.88. The molecule has 0 bridgehead atoms. The van der Waals surface area contributed by atoms with Crippen LogP contribution in [0.25, 0.3) is 0 Å². The summed E-state index contributed by atoms with van der Waals surface area (Å²) in [6.07, 6.45) is 3.82. The number of carbonyl (C=O) groups is 1. The Balaban J connectivity index is 2.61. The Morgan fingerprint density at radius 2 is 2.39 bits per heavy atom. The molecule has 0 saturated heterocycles. The van der Waals surface area contributed by atoms with Crippen molar-refractivity contribution in [2.45, 2.75) is 25.8 Å². The highest BCUT2D eigenvalue weighted by atomic mass is 32.2. The second-order valence-electron chi connectivity index (χ2n) is 4.21. The SMILES string of the molecule is CSCCC(C)N(C)C(=O)c1csc(CCN)n1. The summed E-state index contributed by atoms with van der Waals surface area (Å²) in [6, 6.07) is 0.240. The van der Waals surface area contributed by atoms with Crippen molar-refractivity contribution in [3.8, 4) is 0 Å². The largest absolute Gasteiger partial charge is 0.338 e. The van der Waals surface area contributed by atoms with Gasteiger partial charge in [0.2, 0.25) is 0 Å². The number of nitrogens with zero attached hydrogens (tertiary/aromatic N) is 2. The highest BCUT2D eigenvalue weighted by molar-refractivity contribution is 7.98. The van der Waals surface area contributed by atoms with Crippen LogP contribution in [0.2, 0.25) is 0 Å². The second kappa shape index (κ2) is 7.76. The maximum atomic E-state index is 12.2. The van der Waals surface area contributed by atoms with E-state index in [2.05, 4.69) is 18.2 Å². The van der Waals surface area contributed by atoms with Crippen molar-refractivity contribution in [3.05, 3.63) is 16.1 Å². The van der Waals surface area contributed by atoms with E-state index in [-0.39, 0.29) is 11.9 Å². The Morgan fingerprint density at radius 1 is 1.67 bits per heavy atom. The predicted octanol–water partition coefficient (Wildman–Crippen LogP) is 1.86. The molecule has 1 heterocycles. The van der Waals surface area contributed by atoms with E-state index in [0.29, 0.717) is 12.2 Å². The van der Waals surface area contributed by atoms with Gasteiger partial charge in [-0.25, -0.2) is 4.98 Å². The first-order valence-corrected chi connectivity index (χ1v) is 8.28. The molecule has 102 valence electrons. The van der Waals surface area contributed by atoms with Gasteiger partial charge >= 0.3 is 0 Å². The minimum atomic E-state index is 0.00289. The molecule has 1 atom stereocenters. The van der Waals surface area contributed by atoms with Crippen molar-refractivity contribution in [1.29, 1.82) is 0 Å². The Hall–Kier alpha value is -0.590. The highest BCUT2D eigenvalue weighted by Crippen LogP contribution is 2.14. The molecule has 0 aromatic carbocycles. The zero-order valence-corrected chi connectivity index (χ0v) is 12.8. The minimum absolute atomic E-state index is 0.00289. The summed E-state index contributed by atoms with van der Waals surface area (Å²) in [7, 11) is 1.84. The first-order valence-electron chi connectivity index (χ1n) is 6.00. The average Bonchev–Trinajstić information content (AvgIpc) is 2.83. The van der Waals surface area contributed by atoms with Gasteiger partial charge in [-0.3, -0.25) is 4.79 Å². The Kier molecular flexibility index (Phi) is 6.67. The quantitative estimate of drug-likeness (QED) is 0.831. The smallest absolute Gasteiger partial charge is 0.273 e. The molecule has 18 heavy (non-hydrogen) atoms. The molecule has 0 radical (unpaired) electrons. The van der Waals surface area contributed by atoms with Gasteiger partial charge in [-0.2, -0.15) is 11.8 Å². The van der Waals surface area contributed by atoms with E-state index in [9.17, 15) is 4.79 Å². The number of nitrogens with two attached hydrogens (primary N) is 1. The van der Waals surface area contributed by atoms with Crippen LogP contribution in [0.4, 0.5) is 0 Å². The molecular formula is C12H21N3OS2. The summed E-state index contributed by atoms with van der Waals surface area (Å²) in [4.78, 5) is 18.3. The fourth-order valence-electron chi connectivity index (χ4n) is 1.51. The zero-order valence-electron chi connectivity index (χ0n) is 11.2. The van der Waals surface area contributed by atoms with E-state index in [4.69, 9.17) is 5.73 Å². The summed E-state index contributed by atoms with van der Waals surface area (Å²) in [5.41, 5.74) is 6.02. The molecule has 2 N–H and O–H groups in total. The third-order valence-electron chi connectivity index (χ3n) is 2.85. The van der Waals surface area contributed by atoms with Gasteiger partial charge in [-0.1, -0.05) is 0 Å². The molecule has 0 saturated carbocycles. The summed E-state index contributed by atoms with van der Waals surface area (Å²) in [6.45, 7) is 2.64. The molecule has 1 aromatic rings. The Bertz CT molecular complexity index is 381. The van der Waals surface area contributed by atoms with Gasteiger partial charge in [-0.15, -0.1) is 11.3 Å². The van der Waals surface area contributed by atoms with E-state index >= 15 is 0 Å². The number of amides is 1. The van der Waals surface area contributed by atoms with Gasteiger partial charge in [0.15, 0.2) is 0 Å². The first-order chi connectivity index (χ1) is 8.60. The molecule has 0 fully saturated rings. The van der Waals surface area contributed by atoms with E-state index in [0.717, 1.165) is 23.6 Å². The van der Waals surface area contributed by atoms with Crippen molar-refractivity contribution in [3.63, 3.8) is 0 Å². The lowest BCUT2D eigenvalue weighted by Gasteiger charge is -2.23. The van der Waals surface area contributed by atoms with Crippen LogP contribution in [0.3, 0.4) is 0 Å². The van der Waals surface area contributed by atoms with Gasteiger partial charge < -0.3 is 10.6 Å². The summed E-state index contributed by atoms with van der Waals surface area (Å²) in [5, 5.41) is 2.76. The topological polar surface area (TPSA) is 59.2 Å². The number of thiazole rings is 1. The Labute approximate surface area is 117 Å². The van der Waals surface area contributed by atoms with Crippen LogP contribution >= 0.6 is 23.1 Å². The molecule has 1 unspecified atom stereocenters. The maximum Gasteiger partial charge on any atom is 0.273 e. The highest BCUT2D eigenvalue weighted by Gasteiger charge is 2.19. The zero-order chi connectivity index (χ0) is 13.5. The van der Waals surface area contributed by atoms with Crippen LogP contribution in [-0.2, 0) is 6.42 Å². The van der Waals surface area contributed by atoms with Gasteiger partial charge in [0.1, 0.15) is 5.69 Å². The van der Waals surface area contributed by atoms with E-state index in [1.54, 1.807) is 16.7 Å². The molecule has 0 spiro atoms. The molecule has 0 aliphatic heterocycles. The van der Waals surface area contributed by atoms with Crippen molar-refractivity contribution >= 4 is 29.0 Å². The molecule has 0 aliphatic carbocycles. The molecule has 6 heteroatoms. The van der Waals surface area contributed by atoms with Gasteiger partial charge in [0, 0.05) is 24.9 Å². The lowest BCUT2D eigenvalue weighted by Crippen LogP contribution is -2.35. The van der Waals surface area contributed by atoms with Crippen molar-refractivity contribution in [1.82, 2.24) is 9.88 Å². The van der Waals surface area contributed by atoms with Crippen molar-refractivity contribution in [2.24, 2.45) is 5.73 Å². The van der Waals surface area contributed by atoms with Crippen LogP contribution in [-0.4, -0.2) is 47.4 Å². The van der Waals surface area contributed by atoms with Gasteiger partial charge in [0.25, 0.3) is 5.91 Å². The number of hydrogen-bond donors (Lipinski definition) is 1. The summed E-state index contributed by atoms with van der Waals surface area (Å²) in [5.74, 6) is 1.07. The van der Waals surface area contributed by atoms with Gasteiger partial charge in [-0.05, 0) is 31.9 Å². The molecule has 0 aliphatic rings. The fraction of sp³-hybridized carbons (Fsp3) is 0.667. The number of carbonyl (C=O) groups excluding carboxylic acids is 1. The lowest BCUT2D eigenvalue weighted by atomic mass is 10.2. The van der Waals surface area contributed by atoms with Crippen LogP contribution in [0, 0.1) is 0 Å². The van der Waals surface area contributed by atoms with E-state index < -0.39 is 0 Å². The molecule has 1 rings (SSSR count). The van der Waals surface area contributed by atoms with Gasteiger partial charge in [0.05, 0.1) is 5.01 Å². The third kappa shape index (κ3) is 4.26. The average molecular weight is 287 g/mol. The standard InChI is InChI=1S/C12H21N3OS2/c1-9(5-7-17-3)15(2)12(16)10-8-18-11(14-10)4-6-13/h8-9H,4-7,13H2,1-3H3. The van der Waals surface area contributed by atoms with Crippen molar-refractivity contribution < 1.29 is 4.79 Å². The normalized spacial score (nSPS) is 12.4. The minimum Gasteiger partial charge on any atom is -0.338 e. The number of hydrogen-bond acceptors (Lipinski definition) is 5. The van der Waals surface area contributed by atoms with Crippen LogP contribution in [0.1, 0.15) is 28.8 Å². The number of thioether (sulfide) groups is 1. The van der Waals surface area contributed by atoms with Crippen LogP contribution in [0.5, 0.6) is 0 Å².